The number of fused-ring (bicyclic) bond motifs is 1. The first-order valence-electron chi connectivity index (χ1n) is 6.45. The molecule has 0 aliphatic heterocycles. The summed E-state index contributed by atoms with van der Waals surface area (Å²) < 4.78 is 2.33. The largest absolute Gasteiger partial charge is 0.327 e. The van der Waals surface area contributed by atoms with Gasteiger partial charge in [-0.2, -0.15) is 0 Å². The molecule has 0 unspecified atom stereocenters. The molecule has 0 spiro atoms. The number of benzene rings is 1. The predicted octanol–water partition coefficient (Wildman–Crippen LogP) is 4.64. The first-order chi connectivity index (χ1) is 8.29. The van der Waals surface area contributed by atoms with Gasteiger partial charge in [-0.15, -0.1) is 0 Å². The van der Waals surface area contributed by atoms with Crippen molar-refractivity contribution in [1.29, 1.82) is 0 Å². The molecule has 0 atom stereocenters. The summed E-state index contributed by atoms with van der Waals surface area (Å²) in [5.74, 6) is 1.73. The van der Waals surface area contributed by atoms with E-state index in [1.54, 1.807) is 0 Å². The second kappa shape index (κ2) is 4.58. The lowest BCUT2D eigenvalue weighted by molar-refractivity contribution is 0.459. The van der Waals surface area contributed by atoms with Crippen molar-refractivity contribution in [3.63, 3.8) is 0 Å². The molecule has 0 fully saturated rings. The van der Waals surface area contributed by atoms with Crippen LogP contribution in [0.25, 0.3) is 11.0 Å². The minimum absolute atomic E-state index is 0.0420. The molecule has 0 saturated carbocycles. The smallest absolute Gasteiger partial charge is 0.115 e. The number of rotatable bonds is 2. The molecule has 0 radical (unpaired) electrons. The Morgan fingerprint density at radius 2 is 1.94 bits per heavy atom. The van der Waals surface area contributed by atoms with E-state index in [9.17, 15) is 0 Å². The summed E-state index contributed by atoms with van der Waals surface area (Å²) in [6.45, 7) is 12.1. The van der Waals surface area contributed by atoms with Crippen molar-refractivity contribution in [1.82, 2.24) is 9.55 Å². The summed E-state index contributed by atoms with van der Waals surface area (Å²) >= 11 is 6.05. The molecule has 0 saturated heterocycles. The molecule has 18 heavy (non-hydrogen) atoms. The van der Waals surface area contributed by atoms with Crippen LogP contribution in [0.1, 0.15) is 40.4 Å². The molecular weight excluding hydrogens is 244 g/mol. The number of hydrogen-bond acceptors (Lipinski definition) is 1. The van der Waals surface area contributed by atoms with Crippen molar-refractivity contribution in [2.45, 2.75) is 46.6 Å². The summed E-state index contributed by atoms with van der Waals surface area (Å²) in [6, 6.07) is 5.96. The fourth-order valence-corrected chi connectivity index (χ4v) is 2.39. The van der Waals surface area contributed by atoms with Gasteiger partial charge in [-0.1, -0.05) is 46.2 Å². The highest BCUT2D eigenvalue weighted by Crippen LogP contribution is 2.28. The highest BCUT2D eigenvalue weighted by atomic mass is 35.5. The van der Waals surface area contributed by atoms with Crippen molar-refractivity contribution >= 4 is 22.6 Å². The van der Waals surface area contributed by atoms with Gasteiger partial charge in [-0.25, -0.2) is 4.98 Å². The Morgan fingerprint density at radius 3 is 2.50 bits per heavy atom. The van der Waals surface area contributed by atoms with Crippen LogP contribution in [0.4, 0.5) is 0 Å². The number of aromatic nitrogens is 2. The molecule has 0 amide bonds. The maximum Gasteiger partial charge on any atom is 0.115 e. The fourth-order valence-electron chi connectivity index (χ4n) is 2.23. The summed E-state index contributed by atoms with van der Waals surface area (Å²) in [5.41, 5.74) is 2.21. The Bertz CT molecular complexity index is 562. The van der Waals surface area contributed by atoms with Gasteiger partial charge in [0.05, 0.1) is 11.0 Å². The third kappa shape index (κ3) is 2.54. The maximum absolute atomic E-state index is 6.05. The van der Waals surface area contributed by atoms with E-state index in [4.69, 9.17) is 16.6 Å². The Kier molecular flexibility index (Phi) is 3.41. The lowest BCUT2D eigenvalue weighted by Gasteiger charge is -2.21. The maximum atomic E-state index is 6.05. The van der Waals surface area contributed by atoms with E-state index in [0.717, 1.165) is 22.9 Å². The SMILES string of the molecule is CC(C)Cn1c(C(C)(C)C)nc2cc(Cl)ccc21. The molecule has 1 heterocycles. The molecular formula is C15H21ClN2. The molecule has 2 aromatic rings. The molecule has 0 bridgehead atoms. The third-order valence-corrected chi connectivity index (χ3v) is 3.16. The zero-order valence-electron chi connectivity index (χ0n) is 11.8. The standard InChI is InChI=1S/C15H21ClN2/c1-10(2)9-18-13-7-6-11(16)8-12(13)17-14(18)15(3,4)5/h6-8,10H,9H2,1-5H3. The molecule has 2 nitrogen and oxygen atoms in total. The number of halogens is 1. The average molecular weight is 265 g/mol. The lowest BCUT2D eigenvalue weighted by Crippen LogP contribution is -2.20. The van der Waals surface area contributed by atoms with Crippen LogP contribution in [0.5, 0.6) is 0 Å². The number of hydrogen-bond donors (Lipinski definition) is 0. The van der Waals surface area contributed by atoms with Crippen LogP contribution < -0.4 is 0 Å². The molecule has 0 aliphatic carbocycles. The summed E-state index contributed by atoms with van der Waals surface area (Å²) in [6.07, 6.45) is 0. The second-order valence-corrected chi connectivity index (χ2v) is 6.76. The second-order valence-electron chi connectivity index (χ2n) is 6.32. The highest BCUT2D eigenvalue weighted by Gasteiger charge is 2.23. The van der Waals surface area contributed by atoms with E-state index >= 15 is 0 Å². The van der Waals surface area contributed by atoms with Crippen molar-refractivity contribution in [2.75, 3.05) is 0 Å². The van der Waals surface area contributed by atoms with E-state index in [-0.39, 0.29) is 5.41 Å². The number of nitrogens with zero attached hydrogens (tertiary/aromatic N) is 2. The van der Waals surface area contributed by atoms with E-state index in [0.29, 0.717) is 5.92 Å². The van der Waals surface area contributed by atoms with Crippen molar-refractivity contribution < 1.29 is 0 Å². The van der Waals surface area contributed by atoms with E-state index in [1.807, 2.05) is 12.1 Å². The number of imidazole rings is 1. The van der Waals surface area contributed by atoms with Gasteiger partial charge in [0.2, 0.25) is 0 Å². The molecule has 3 heteroatoms. The van der Waals surface area contributed by atoms with Crippen LogP contribution in [0.3, 0.4) is 0 Å². The third-order valence-electron chi connectivity index (χ3n) is 2.93. The highest BCUT2D eigenvalue weighted by molar-refractivity contribution is 6.31. The fraction of sp³-hybridized carbons (Fsp3) is 0.533. The Balaban J connectivity index is 2.68. The molecule has 98 valence electrons. The van der Waals surface area contributed by atoms with E-state index in [2.05, 4.69) is 45.3 Å². The zero-order chi connectivity index (χ0) is 13.5. The van der Waals surface area contributed by atoms with Gasteiger partial charge in [0.25, 0.3) is 0 Å². The quantitative estimate of drug-likeness (QED) is 0.772. The topological polar surface area (TPSA) is 17.8 Å². The molecule has 2 rings (SSSR count). The van der Waals surface area contributed by atoms with Gasteiger partial charge in [0, 0.05) is 17.0 Å². The first kappa shape index (κ1) is 13.4. The summed E-state index contributed by atoms with van der Waals surface area (Å²) in [7, 11) is 0. The molecule has 1 aromatic heterocycles. The van der Waals surface area contributed by atoms with Gasteiger partial charge in [0.1, 0.15) is 5.82 Å². The normalized spacial score (nSPS) is 12.6. The summed E-state index contributed by atoms with van der Waals surface area (Å²) in [4.78, 5) is 4.78. The van der Waals surface area contributed by atoms with Crippen molar-refractivity contribution in [3.8, 4) is 0 Å². The van der Waals surface area contributed by atoms with Crippen LogP contribution in [-0.2, 0) is 12.0 Å². The molecule has 1 aromatic carbocycles. The predicted molar refractivity (Wildman–Crippen MR) is 78.3 cm³/mol. The van der Waals surface area contributed by atoms with Gasteiger partial charge in [-0.05, 0) is 24.1 Å². The minimum atomic E-state index is 0.0420. The van der Waals surface area contributed by atoms with Gasteiger partial charge < -0.3 is 4.57 Å². The Morgan fingerprint density at radius 1 is 1.28 bits per heavy atom. The zero-order valence-corrected chi connectivity index (χ0v) is 12.5. The Labute approximate surface area is 114 Å². The average Bonchev–Trinajstić information content (AvgIpc) is 2.55. The summed E-state index contributed by atoms with van der Waals surface area (Å²) in [5, 5.41) is 0.747. The van der Waals surface area contributed by atoms with Gasteiger partial charge >= 0.3 is 0 Å². The van der Waals surface area contributed by atoms with Crippen LogP contribution >= 0.6 is 11.6 Å². The monoisotopic (exact) mass is 264 g/mol. The van der Waals surface area contributed by atoms with Crippen LogP contribution in [0, 0.1) is 5.92 Å². The lowest BCUT2D eigenvalue weighted by atomic mass is 9.95. The molecule has 0 aliphatic rings. The minimum Gasteiger partial charge on any atom is -0.327 e. The van der Waals surface area contributed by atoms with Crippen LogP contribution in [0.2, 0.25) is 5.02 Å². The molecule has 0 N–H and O–H groups in total. The van der Waals surface area contributed by atoms with Gasteiger partial charge in [0.15, 0.2) is 0 Å². The van der Waals surface area contributed by atoms with Crippen LogP contribution in [-0.4, -0.2) is 9.55 Å². The van der Waals surface area contributed by atoms with E-state index < -0.39 is 0 Å². The van der Waals surface area contributed by atoms with Crippen molar-refractivity contribution in [3.05, 3.63) is 29.0 Å². The van der Waals surface area contributed by atoms with Crippen LogP contribution in [0.15, 0.2) is 18.2 Å². The van der Waals surface area contributed by atoms with Crippen molar-refractivity contribution in [2.24, 2.45) is 5.92 Å². The van der Waals surface area contributed by atoms with Gasteiger partial charge in [-0.3, -0.25) is 0 Å². The Hall–Kier alpha value is -1.02. The first-order valence-corrected chi connectivity index (χ1v) is 6.83. The van der Waals surface area contributed by atoms with E-state index in [1.165, 1.54) is 5.52 Å².